The summed E-state index contributed by atoms with van der Waals surface area (Å²) in [7, 11) is -20.9. The highest BCUT2D eigenvalue weighted by Gasteiger charge is 3.00. The zero-order valence-corrected chi connectivity index (χ0v) is 28.1. The Labute approximate surface area is 315 Å². The van der Waals surface area contributed by atoms with Gasteiger partial charge in [-0.1, -0.05) is 3.89 Å². The highest BCUT2D eigenvalue weighted by molar-refractivity contribution is 7.84. The summed E-state index contributed by atoms with van der Waals surface area (Å²) in [6.45, 7) is 0. The fourth-order valence-electron chi connectivity index (χ4n) is 3.17. The van der Waals surface area contributed by atoms with Crippen LogP contribution in [0.2, 0.25) is 0 Å². The van der Waals surface area contributed by atoms with Crippen molar-refractivity contribution < 1.29 is 188 Å². The van der Waals surface area contributed by atoms with Gasteiger partial charge >= 0.3 is 121 Å². The molecule has 1 atom stereocenters. The lowest BCUT2D eigenvalue weighted by molar-refractivity contribution is -0.489. The summed E-state index contributed by atoms with van der Waals surface area (Å²) >= 11 is 0. The molecule has 0 aliphatic carbocycles. The van der Waals surface area contributed by atoms with Crippen LogP contribution in [0.4, 0.5) is 166 Å². The van der Waals surface area contributed by atoms with E-state index in [-0.39, 0.29) is 0 Å². The minimum absolute atomic E-state index is 0.735. The Kier molecular flexibility index (Phi) is 14.5. The van der Waals surface area contributed by atoms with E-state index >= 15 is 13.2 Å². The van der Waals surface area contributed by atoms with E-state index in [0.717, 1.165) is 13.3 Å². The minimum atomic E-state index is -12.7. The van der Waals surface area contributed by atoms with Gasteiger partial charge in [-0.3, -0.25) is 0 Å². The number of rotatable bonds is 18. The van der Waals surface area contributed by atoms with Crippen molar-refractivity contribution in [2.45, 2.75) is 102 Å². The first-order chi connectivity index (χ1) is 26.3. The standard InChI is InChI=1S/C17HF38NO5SSi/c18-1(19,3(22,23)5(26,27)7(30,31)10(35,36)37)2(20,21)4(24,25)6(28,29)9(34,11(38,39)40)59-63(60-15(49,50)12(41,42)43,61-16(51,52)13(44,45)46)17(53,54)8(32,33)14(47,48)56-62(55,57)58/h56H. The number of hydrogen-bond acceptors (Lipinski definition) is 5. The van der Waals surface area contributed by atoms with Crippen molar-refractivity contribution in [3.05, 3.63) is 0 Å². The third-order valence-corrected chi connectivity index (χ3v) is 9.56. The molecule has 0 saturated carbocycles. The van der Waals surface area contributed by atoms with E-state index < -0.39 is 126 Å². The lowest BCUT2D eigenvalue weighted by Gasteiger charge is -2.48. The zero-order valence-electron chi connectivity index (χ0n) is 26.3. The van der Waals surface area contributed by atoms with Gasteiger partial charge in [0.25, 0.3) is 0 Å². The van der Waals surface area contributed by atoms with Gasteiger partial charge in [0.15, 0.2) is 0 Å². The molecule has 0 spiro atoms. The van der Waals surface area contributed by atoms with Crippen LogP contribution < -0.4 is 4.72 Å². The Balaban J connectivity index is 9.30. The summed E-state index contributed by atoms with van der Waals surface area (Å²) in [5.41, 5.74) is -10.2. The molecule has 0 radical (unpaired) electrons. The number of nitrogens with one attached hydrogen (secondary N) is 1. The van der Waals surface area contributed by atoms with Crippen LogP contribution in [0.5, 0.6) is 0 Å². The predicted octanol–water partition coefficient (Wildman–Crippen LogP) is 10.7. The third-order valence-electron chi connectivity index (χ3n) is 6.37. The van der Waals surface area contributed by atoms with Crippen LogP contribution in [0, 0.1) is 0 Å². The van der Waals surface area contributed by atoms with E-state index in [9.17, 15) is 162 Å². The summed E-state index contributed by atoms with van der Waals surface area (Å²) in [5, 5.41) is 0. The smallest absolute Gasteiger partial charge is 0.324 e. The first kappa shape index (κ1) is 60.3. The zero-order chi connectivity index (χ0) is 52.3. The van der Waals surface area contributed by atoms with Crippen LogP contribution in [-0.4, -0.2) is 119 Å². The Morgan fingerprint density at radius 1 is 0.317 bits per heavy atom. The Morgan fingerprint density at radius 2 is 0.571 bits per heavy atom. The highest BCUT2D eigenvalue weighted by atomic mass is 32.3. The first-order valence-corrected chi connectivity index (χ1v) is 15.8. The molecule has 6 nitrogen and oxygen atoms in total. The lowest BCUT2D eigenvalue weighted by atomic mass is 9.87. The number of halogens is 38. The summed E-state index contributed by atoms with van der Waals surface area (Å²) < 4.78 is 539. The quantitative estimate of drug-likeness (QED) is 0.0641. The Bertz CT molecular complexity index is 1730. The van der Waals surface area contributed by atoms with Crippen LogP contribution in [0.3, 0.4) is 0 Å². The molecule has 63 heavy (non-hydrogen) atoms. The molecule has 0 rings (SSSR count). The van der Waals surface area contributed by atoms with Crippen LogP contribution >= 0.6 is 0 Å². The van der Waals surface area contributed by atoms with Gasteiger partial charge in [0.05, 0.1) is 0 Å². The molecule has 0 heterocycles. The number of hydrogen-bond donors (Lipinski definition) is 1. The summed E-state index contributed by atoms with van der Waals surface area (Å²) in [5.74, 6) is -91.4. The van der Waals surface area contributed by atoms with E-state index in [0.29, 0.717) is 0 Å². The minimum Gasteiger partial charge on any atom is -0.324 e. The van der Waals surface area contributed by atoms with Crippen LogP contribution in [-0.2, 0) is 23.7 Å². The topological polar surface area (TPSA) is 73.9 Å². The summed E-state index contributed by atoms with van der Waals surface area (Å²) in [6.07, 6.45) is -54.4. The SMILES string of the molecule is O=S(=O)(F)NC(F)(F)C(F)(F)C(F)(F)[Si](OC(F)(F)C(F)(F)F)(OC(F)(F)C(F)(F)F)OC(F)(C(F)(F)F)C(F)(F)C(F)(F)C(F)(F)C(F)(F)C(F)(F)C(F)(F)C(F)(F)C(F)(F)F. The molecule has 1 unspecified atom stereocenters. The highest BCUT2D eigenvalue weighted by Crippen LogP contribution is 2.68. The van der Waals surface area contributed by atoms with Gasteiger partial charge in [0.2, 0.25) is 0 Å². The molecular formula is C17HF38NO5SSi. The fraction of sp³-hybridized carbons (Fsp3) is 1.00. The van der Waals surface area contributed by atoms with Gasteiger partial charge < -0.3 is 13.3 Å². The maximum absolute atomic E-state index is 15.2. The normalized spacial score (nSPS) is 17.9. The monoisotopic (exact) mass is 1080 g/mol. The van der Waals surface area contributed by atoms with Crippen molar-refractivity contribution in [2.24, 2.45) is 0 Å². The fourth-order valence-corrected chi connectivity index (χ4v) is 6.17. The Hall–Kier alpha value is -2.65. The molecular weight excluding hydrogens is 1080 g/mol. The van der Waals surface area contributed by atoms with Gasteiger partial charge in [-0.05, 0) is 0 Å². The van der Waals surface area contributed by atoms with Gasteiger partial charge in [-0.2, -0.15) is 171 Å². The second-order valence-corrected chi connectivity index (χ2v) is 14.2. The molecule has 46 heteroatoms. The molecule has 380 valence electrons. The molecule has 0 aliphatic heterocycles. The third kappa shape index (κ3) is 8.99. The second kappa shape index (κ2) is 15.2. The Morgan fingerprint density at radius 3 is 0.794 bits per heavy atom. The summed E-state index contributed by atoms with van der Waals surface area (Å²) in [6, 6.07) is -8.71. The van der Waals surface area contributed by atoms with Crippen molar-refractivity contribution >= 4 is 19.2 Å². The van der Waals surface area contributed by atoms with Crippen molar-refractivity contribution in [1.29, 1.82) is 0 Å². The van der Waals surface area contributed by atoms with Crippen molar-refractivity contribution in [3.8, 4) is 0 Å². The molecule has 0 bridgehead atoms. The summed E-state index contributed by atoms with van der Waals surface area (Å²) in [4.78, 5) is 0. The van der Waals surface area contributed by atoms with Crippen molar-refractivity contribution in [2.75, 3.05) is 0 Å². The van der Waals surface area contributed by atoms with Gasteiger partial charge in [0.1, 0.15) is 0 Å². The van der Waals surface area contributed by atoms with Crippen LogP contribution in [0.1, 0.15) is 0 Å². The molecule has 0 aliphatic rings. The lowest BCUT2D eigenvalue weighted by Crippen LogP contribution is -2.82. The maximum atomic E-state index is 15.2. The van der Waals surface area contributed by atoms with E-state index in [2.05, 4.69) is 0 Å². The van der Waals surface area contributed by atoms with Crippen molar-refractivity contribution in [3.63, 3.8) is 0 Å². The molecule has 0 aromatic carbocycles. The molecule has 0 saturated heterocycles. The van der Waals surface area contributed by atoms with Gasteiger partial charge in [0, 0.05) is 0 Å². The van der Waals surface area contributed by atoms with E-state index in [1.165, 1.54) is 0 Å². The average molecular weight is 1080 g/mol. The largest absolute Gasteiger partial charge is 0.594 e. The van der Waals surface area contributed by atoms with Crippen LogP contribution in [0.15, 0.2) is 0 Å². The molecule has 0 amide bonds. The van der Waals surface area contributed by atoms with Crippen molar-refractivity contribution in [1.82, 2.24) is 4.72 Å². The number of alkyl halides is 37. The van der Waals surface area contributed by atoms with E-state index in [1.54, 1.807) is 0 Å². The maximum Gasteiger partial charge on any atom is 0.594 e. The predicted molar refractivity (Wildman–Crippen MR) is 110 cm³/mol. The molecule has 0 aromatic heterocycles. The second-order valence-electron chi connectivity index (χ2n) is 10.8. The van der Waals surface area contributed by atoms with E-state index in [4.69, 9.17) is 0 Å². The van der Waals surface area contributed by atoms with Crippen LogP contribution in [0.25, 0.3) is 0 Å². The molecule has 0 aromatic rings. The van der Waals surface area contributed by atoms with Gasteiger partial charge in [-0.15, -0.1) is 4.72 Å². The van der Waals surface area contributed by atoms with Gasteiger partial charge in [-0.25, -0.2) is 0 Å². The average Bonchev–Trinajstić information content (AvgIpc) is 2.95. The van der Waals surface area contributed by atoms with E-state index in [1.807, 2.05) is 0 Å². The molecule has 0 fully saturated rings. The first-order valence-electron chi connectivity index (χ1n) is 12.7. The molecule has 1 N–H and O–H groups in total.